The fourth-order valence-electron chi connectivity index (χ4n) is 3.36. The molecule has 0 radical (unpaired) electrons. The number of carbonyl (C=O) groups is 4. The lowest BCUT2D eigenvalue weighted by Crippen LogP contribution is -2.59. The van der Waals surface area contributed by atoms with Crippen LogP contribution in [0.2, 0.25) is 0 Å². The zero-order valence-corrected chi connectivity index (χ0v) is 23.2. The average molecular weight is 526 g/mol. The number of nitrogens with one attached hydrogen (secondary N) is 2. The number of hydrogen-bond donors (Lipinski definition) is 3. The maximum Gasteiger partial charge on any atom is 0.408 e. The molecule has 0 bridgehead atoms. The van der Waals surface area contributed by atoms with Crippen molar-refractivity contribution in [2.24, 2.45) is 0 Å². The molecule has 1 aromatic rings. The highest BCUT2D eigenvalue weighted by atomic mass is 32.2. The van der Waals surface area contributed by atoms with Crippen molar-refractivity contribution in [2.45, 2.75) is 71.2 Å². The Morgan fingerprint density at radius 1 is 1.06 bits per heavy atom. The molecule has 2 atom stereocenters. The number of amides is 3. The lowest BCUT2D eigenvalue weighted by Gasteiger charge is -2.43. The summed E-state index contributed by atoms with van der Waals surface area (Å²) in [5, 5.41) is 14.9. The monoisotopic (exact) mass is 525 g/mol. The van der Waals surface area contributed by atoms with Gasteiger partial charge in [0.1, 0.15) is 30.0 Å². The smallest absolute Gasteiger partial charge is 0.408 e. The van der Waals surface area contributed by atoms with Gasteiger partial charge in [-0.1, -0.05) is 12.1 Å². The van der Waals surface area contributed by atoms with Crippen molar-refractivity contribution in [1.82, 2.24) is 15.5 Å². The topological polar surface area (TPSA) is 134 Å². The van der Waals surface area contributed by atoms with E-state index in [9.17, 15) is 24.3 Å². The molecule has 1 aromatic carbocycles. The number of aromatic hydroxyl groups is 1. The van der Waals surface area contributed by atoms with Crippen LogP contribution in [0.5, 0.6) is 5.75 Å². The highest BCUT2D eigenvalue weighted by molar-refractivity contribution is 7.98. The molecule has 0 spiro atoms. The Bertz CT molecular complexity index is 908. The van der Waals surface area contributed by atoms with Gasteiger partial charge in [-0.3, -0.25) is 14.4 Å². The van der Waals surface area contributed by atoms with Crippen molar-refractivity contribution in [3.63, 3.8) is 0 Å². The van der Waals surface area contributed by atoms with Crippen LogP contribution in [0, 0.1) is 0 Å². The van der Waals surface area contributed by atoms with Crippen molar-refractivity contribution in [3.8, 4) is 5.75 Å². The summed E-state index contributed by atoms with van der Waals surface area (Å²) in [4.78, 5) is 53.0. The SMILES string of the molecule is COC(=O)CNC(=O)C(c1ccc(O)cc1)N(C(=O)C(CCSC)NC(=O)OC(C)(C)C)C(C)(C)C. The molecule has 0 saturated heterocycles. The molecule has 0 aliphatic carbocycles. The van der Waals surface area contributed by atoms with Gasteiger partial charge in [-0.05, 0) is 77.7 Å². The number of alkyl carbamates (subject to hydrolysis) is 1. The molecule has 0 fully saturated rings. The van der Waals surface area contributed by atoms with E-state index >= 15 is 0 Å². The Balaban J connectivity index is 3.50. The first-order valence-corrected chi connectivity index (χ1v) is 12.9. The third-order valence-electron chi connectivity index (χ3n) is 4.91. The highest BCUT2D eigenvalue weighted by Gasteiger charge is 2.41. The zero-order valence-electron chi connectivity index (χ0n) is 22.3. The maximum atomic E-state index is 14.0. The molecule has 3 N–H and O–H groups in total. The predicted octanol–water partition coefficient (Wildman–Crippen LogP) is 3.00. The van der Waals surface area contributed by atoms with E-state index in [2.05, 4.69) is 15.4 Å². The fourth-order valence-corrected chi connectivity index (χ4v) is 3.83. The first-order valence-electron chi connectivity index (χ1n) is 11.6. The summed E-state index contributed by atoms with van der Waals surface area (Å²) in [5.41, 5.74) is -1.22. The van der Waals surface area contributed by atoms with Crippen molar-refractivity contribution >= 4 is 35.6 Å². The lowest BCUT2D eigenvalue weighted by molar-refractivity contribution is -0.149. The van der Waals surface area contributed by atoms with Gasteiger partial charge < -0.3 is 30.1 Å². The molecule has 10 nitrogen and oxygen atoms in total. The average Bonchev–Trinajstić information content (AvgIpc) is 2.76. The van der Waals surface area contributed by atoms with Crippen LogP contribution in [0.3, 0.4) is 0 Å². The Kier molecular flexibility index (Phi) is 11.6. The summed E-state index contributed by atoms with van der Waals surface area (Å²) < 4.78 is 9.97. The molecule has 0 saturated carbocycles. The second-order valence-electron chi connectivity index (χ2n) is 10.1. The van der Waals surface area contributed by atoms with Crippen molar-refractivity contribution in [1.29, 1.82) is 0 Å². The van der Waals surface area contributed by atoms with E-state index in [0.29, 0.717) is 17.7 Å². The number of thioether (sulfide) groups is 1. The van der Waals surface area contributed by atoms with Gasteiger partial charge in [-0.25, -0.2) is 4.79 Å². The van der Waals surface area contributed by atoms with E-state index in [-0.39, 0.29) is 12.3 Å². The predicted molar refractivity (Wildman–Crippen MR) is 139 cm³/mol. The van der Waals surface area contributed by atoms with Gasteiger partial charge in [0.2, 0.25) is 11.8 Å². The van der Waals surface area contributed by atoms with E-state index in [1.165, 1.54) is 48.0 Å². The second kappa shape index (κ2) is 13.4. The van der Waals surface area contributed by atoms with E-state index in [1.807, 2.05) is 6.26 Å². The number of phenols is 1. The summed E-state index contributed by atoms with van der Waals surface area (Å²) in [7, 11) is 1.20. The van der Waals surface area contributed by atoms with Crippen molar-refractivity contribution in [2.75, 3.05) is 25.7 Å². The van der Waals surface area contributed by atoms with Gasteiger partial charge in [0.25, 0.3) is 0 Å². The number of phenolic OH excluding ortho intramolecular Hbond substituents is 1. The van der Waals surface area contributed by atoms with Gasteiger partial charge in [0, 0.05) is 5.54 Å². The van der Waals surface area contributed by atoms with Crippen LogP contribution < -0.4 is 10.6 Å². The van der Waals surface area contributed by atoms with Gasteiger partial charge in [-0.15, -0.1) is 0 Å². The number of rotatable bonds is 10. The van der Waals surface area contributed by atoms with Crippen LogP contribution in [0.15, 0.2) is 24.3 Å². The quantitative estimate of drug-likeness (QED) is 0.397. The minimum atomic E-state index is -1.17. The molecule has 2 unspecified atom stereocenters. The molecular formula is C25H39N3O7S. The molecule has 11 heteroatoms. The van der Waals surface area contributed by atoms with Crippen molar-refractivity contribution in [3.05, 3.63) is 29.8 Å². The largest absolute Gasteiger partial charge is 0.508 e. The maximum absolute atomic E-state index is 14.0. The standard InChI is InChI=1S/C25H39N3O7S/c1-24(2,3)28(22(32)18(13-14-36-8)27-23(33)35-25(4,5)6)20(16-9-11-17(29)12-10-16)21(31)26-15-19(30)34-7/h9-12,18,20,29H,13-15H2,1-8H3,(H,26,31)(H,27,33). The normalized spacial score (nSPS) is 13.2. The van der Waals surface area contributed by atoms with E-state index < -0.39 is 47.1 Å². The molecule has 36 heavy (non-hydrogen) atoms. The first kappa shape index (κ1) is 31.1. The molecule has 202 valence electrons. The summed E-state index contributed by atoms with van der Waals surface area (Å²) in [6.07, 6.45) is 1.45. The molecule has 0 aliphatic rings. The zero-order chi connectivity index (χ0) is 27.7. The molecule has 0 heterocycles. The van der Waals surface area contributed by atoms with Crippen LogP contribution in [0.1, 0.15) is 59.6 Å². The Labute approximate surface area is 217 Å². The number of ether oxygens (including phenoxy) is 2. The third-order valence-corrected chi connectivity index (χ3v) is 5.55. The molecule has 3 amide bonds. The van der Waals surface area contributed by atoms with Crippen LogP contribution in [0.25, 0.3) is 0 Å². The molecule has 0 aromatic heterocycles. The van der Waals surface area contributed by atoms with Crippen LogP contribution in [0.4, 0.5) is 4.79 Å². The number of nitrogens with zero attached hydrogens (tertiary/aromatic N) is 1. The van der Waals surface area contributed by atoms with E-state index in [1.54, 1.807) is 41.5 Å². The second-order valence-corrected chi connectivity index (χ2v) is 11.1. The van der Waals surface area contributed by atoms with Gasteiger partial charge >= 0.3 is 12.1 Å². The van der Waals surface area contributed by atoms with Crippen LogP contribution in [-0.4, -0.2) is 76.7 Å². The van der Waals surface area contributed by atoms with Crippen molar-refractivity contribution < 1.29 is 33.8 Å². The first-order chi connectivity index (χ1) is 16.6. The fraction of sp³-hybridized carbons (Fsp3) is 0.600. The molecule has 1 rings (SSSR count). The Hall–Kier alpha value is -2.95. The van der Waals surface area contributed by atoms with Crippen LogP contribution in [-0.2, 0) is 23.9 Å². The minimum Gasteiger partial charge on any atom is -0.508 e. The molecular weight excluding hydrogens is 486 g/mol. The Morgan fingerprint density at radius 3 is 2.11 bits per heavy atom. The van der Waals surface area contributed by atoms with Gasteiger partial charge in [-0.2, -0.15) is 11.8 Å². The van der Waals surface area contributed by atoms with Gasteiger partial charge in [0.05, 0.1) is 7.11 Å². The number of methoxy groups -OCH3 is 1. The minimum absolute atomic E-state index is 0.00876. The number of benzene rings is 1. The highest BCUT2D eigenvalue weighted by Crippen LogP contribution is 2.31. The van der Waals surface area contributed by atoms with E-state index in [0.717, 1.165) is 0 Å². The summed E-state index contributed by atoms with van der Waals surface area (Å²) in [5.74, 6) is -1.19. The third kappa shape index (κ3) is 9.96. The van der Waals surface area contributed by atoms with Crippen LogP contribution >= 0.6 is 11.8 Å². The lowest BCUT2D eigenvalue weighted by atomic mass is 9.95. The number of hydrogen-bond acceptors (Lipinski definition) is 8. The Morgan fingerprint density at radius 2 is 1.64 bits per heavy atom. The van der Waals surface area contributed by atoms with Gasteiger partial charge in [0.15, 0.2) is 0 Å². The summed E-state index contributed by atoms with van der Waals surface area (Å²) >= 11 is 1.51. The summed E-state index contributed by atoms with van der Waals surface area (Å²) in [6.45, 7) is 10.1. The molecule has 0 aliphatic heterocycles. The van der Waals surface area contributed by atoms with E-state index in [4.69, 9.17) is 4.74 Å². The number of esters is 1. The number of carbonyl (C=O) groups excluding carboxylic acids is 4. The summed E-state index contributed by atoms with van der Waals surface area (Å²) in [6, 6.07) is 3.74.